The number of hydrogen-bond donors (Lipinski definition) is 2. The Morgan fingerprint density at radius 3 is 2.69 bits per heavy atom. The maximum absolute atomic E-state index is 15.2. The molecule has 2 aromatic heterocycles. The second-order valence-corrected chi connectivity index (χ2v) is 9.84. The first-order valence-electron chi connectivity index (χ1n) is 10.6. The van der Waals surface area contributed by atoms with Crippen LogP contribution in [0.15, 0.2) is 22.2 Å². The maximum atomic E-state index is 15.2. The van der Waals surface area contributed by atoms with Crippen LogP contribution in [0, 0.1) is 11.2 Å². The third-order valence-electron chi connectivity index (χ3n) is 5.87. The summed E-state index contributed by atoms with van der Waals surface area (Å²) in [4.78, 5) is 36.0. The molecule has 1 atom stereocenters. The minimum atomic E-state index is -1.34. The SMILES string of the molecule is CC(C)(C)O/N=C1\CN(c2nc3c(cc2F)c(=O)c(C(=O)O)cn3C2CC2)CC1(C)CN. The molecule has 0 radical (unpaired) electrons. The fourth-order valence-corrected chi connectivity index (χ4v) is 3.85. The minimum absolute atomic E-state index is 0.0382. The van der Waals surface area contributed by atoms with Crippen molar-refractivity contribution < 1.29 is 19.1 Å². The third-order valence-corrected chi connectivity index (χ3v) is 5.87. The van der Waals surface area contributed by atoms with E-state index in [2.05, 4.69) is 10.1 Å². The smallest absolute Gasteiger partial charge is 0.341 e. The van der Waals surface area contributed by atoms with Gasteiger partial charge in [0, 0.05) is 30.7 Å². The summed E-state index contributed by atoms with van der Waals surface area (Å²) in [6.07, 6.45) is 3.01. The van der Waals surface area contributed by atoms with E-state index in [-0.39, 0.29) is 35.0 Å². The Labute approximate surface area is 184 Å². The molecule has 3 N–H and O–H groups in total. The molecule has 0 spiro atoms. The lowest BCUT2D eigenvalue weighted by Crippen LogP contribution is -2.36. The van der Waals surface area contributed by atoms with Gasteiger partial charge in [-0.25, -0.2) is 14.2 Å². The fraction of sp³-hybridized carbons (Fsp3) is 0.545. The van der Waals surface area contributed by atoms with Gasteiger partial charge in [0.25, 0.3) is 0 Å². The summed E-state index contributed by atoms with van der Waals surface area (Å²) in [7, 11) is 0. The van der Waals surface area contributed by atoms with Gasteiger partial charge in [0.2, 0.25) is 5.43 Å². The Bertz CT molecular complexity index is 1180. The lowest BCUT2D eigenvalue weighted by Gasteiger charge is -2.24. The average Bonchev–Trinajstić information content (AvgIpc) is 3.49. The van der Waals surface area contributed by atoms with Crippen LogP contribution < -0.4 is 16.1 Å². The molecule has 32 heavy (non-hydrogen) atoms. The highest BCUT2D eigenvalue weighted by molar-refractivity contribution is 5.97. The van der Waals surface area contributed by atoms with Crippen LogP contribution in [-0.2, 0) is 4.84 Å². The predicted octanol–water partition coefficient (Wildman–Crippen LogP) is 2.52. The van der Waals surface area contributed by atoms with Gasteiger partial charge in [-0.2, -0.15) is 0 Å². The van der Waals surface area contributed by atoms with Crippen LogP contribution in [0.4, 0.5) is 10.2 Å². The summed E-state index contributed by atoms with van der Waals surface area (Å²) in [6.45, 7) is 8.55. The molecule has 10 heteroatoms. The molecule has 4 rings (SSSR count). The molecule has 172 valence electrons. The summed E-state index contributed by atoms with van der Waals surface area (Å²) >= 11 is 0. The van der Waals surface area contributed by atoms with E-state index in [1.165, 1.54) is 6.20 Å². The minimum Gasteiger partial charge on any atom is -0.477 e. The van der Waals surface area contributed by atoms with E-state index in [0.717, 1.165) is 18.9 Å². The molecular formula is C22H28FN5O4. The van der Waals surface area contributed by atoms with E-state index in [4.69, 9.17) is 10.6 Å². The van der Waals surface area contributed by atoms with Crippen LogP contribution >= 0.6 is 0 Å². The Balaban J connectivity index is 1.81. The maximum Gasteiger partial charge on any atom is 0.341 e. The van der Waals surface area contributed by atoms with Gasteiger partial charge in [0.1, 0.15) is 16.8 Å². The Morgan fingerprint density at radius 1 is 1.44 bits per heavy atom. The zero-order valence-corrected chi connectivity index (χ0v) is 18.7. The monoisotopic (exact) mass is 445 g/mol. The first kappa shape index (κ1) is 22.2. The fourth-order valence-electron chi connectivity index (χ4n) is 3.85. The largest absolute Gasteiger partial charge is 0.477 e. The molecule has 1 saturated heterocycles. The molecule has 9 nitrogen and oxygen atoms in total. The predicted molar refractivity (Wildman–Crippen MR) is 119 cm³/mol. The Morgan fingerprint density at radius 2 is 2.12 bits per heavy atom. The molecule has 1 saturated carbocycles. The van der Waals surface area contributed by atoms with Gasteiger partial charge in [0.15, 0.2) is 11.6 Å². The van der Waals surface area contributed by atoms with Gasteiger partial charge >= 0.3 is 5.97 Å². The molecule has 0 amide bonds. The third kappa shape index (κ3) is 3.94. The van der Waals surface area contributed by atoms with Gasteiger partial charge in [-0.1, -0.05) is 12.1 Å². The van der Waals surface area contributed by atoms with Crippen LogP contribution in [0.2, 0.25) is 0 Å². The van der Waals surface area contributed by atoms with Crippen LogP contribution in [0.3, 0.4) is 0 Å². The van der Waals surface area contributed by atoms with Crippen molar-refractivity contribution >= 4 is 28.5 Å². The summed E-state index contributed by atoms with van der Waals surface area (Å²) in [5.74, 6) is -1.96. The first-order chi connectivity index (χ1) is 14.9. The van der Waals surface area contributed by atoms with E-state index < -0.39 is 28.2 Å². The molecule has 1 unspecified atom stereocenters. The van der Waals surface area contributed by atoms with Crippen molar-refractivity contribution in [2.45, 2.75) is 52.2 Å². The number of anilines is 1. The number of hydrogen-bond acceptors (Lipinski definition) is 7. The number of pyridine rings is 2. The number of fused-ring (bicyclic) bond motifs is 1. The van der Waals surface area contributed by atoms with E-state index in [9.17, 15) is 14.7 Å². The van der Waals surface area contributed by atoms with Crippen LogP contribution in [0.1, 0.15) is 56.9 Å². The summed E-state index contributed by atoms with van der Waals surface area (Å²) < 4.78 is 16.9. The number of carbonyl (C=O) groups is 1. The lowest BCUT2D eigenvalue weighted by atomic mass is 9.88. The van der Waals surface area contributed by atoms with Crippen molar-refractivity contribution in [2.75, 3.05) is 24.5 Å². The number of rotatable bonds is 5. The number of nitrogens with zero attached hydrogens (tertiary/aromatic N) is 4. The zero-order chi connectivity index (χ0) is 23.4. The summed E-state index contributed by atoms with van der Waals surface area (Å²) in [5.41, 5.74) is 4.86. The number of carboxylic acids is 1. The number of aromatic carboxylic acids is 1. The Hall–Kier alpha value is -3.01. The van der Waals surface area contributed by atoms with Crippen molar-refractivity contribution in [2.24, 2.45) is 16.3 Å². The van der Waals surface area contributed by atoms with Crippen molar-refractivity contribution in [1.82, 2.24) is 9.55 Å². The van der Waals surface area contributed by atoms with Crippen molar-refractivity contribution in [1.29, 1.82) is 0 Å². The van der Waals surface area contributed by atoms with E-state index in [0.29, 0.717) is 18.8 Å². The van der Waals surface area contributed by atoms with E-state index in [1.807, 2.05) is 27.7 Å². The van der Waals surface area contributed by atoms with Crippen molar-refractivity contribution in [3.05, 3.63) is 33.9 Å². The topological polar surface area (TPSA) is 123 Å². The second-order valence-electron chi connectivity index (χ2n) is 9.84. The number of nitrogens with two attached hydrogens (primary N) is 1. The average molecular weight is 445 g/mol. The van der Waals surface area contributed by atoms with Gasteiger partial charge < -0.3 is 25.1 Å². The molecule has 2 aromatic rings. The van der Waals surface area contributed by atoms with Gasteiger partial charge in [-0.15, -0.1) is 0 Å². The highest BCUT2D eigenvalue weighted by Crippen LogP contribution is 2.38. The highest BCUT2D eigenvalue weighted by atomic mass is 19.1. The van der Waals surface area contributed by atoms with Crippen LogP contribution in [0.25, 0.3) is 11.0 Å². The molecule has 0 aromatic carbocycles. The summed E-state index contributed by atoms with van der Waals surface area (Å²) in [6, 6.07) is 1.14. The second kappa shape index (κ2) is 7.54. The van der Waals surface area contributed by atoms with E-state index in [1.54, 1.807) is 9.47 Å². The molecular weight excluding hydrogens is 417 g/mol. The standard InChI is InChI=1S/C22H28FN5O4/c1-21(2,3)32-26-16-9-27(11-22(16,4)10-24)19-15(23)7-13-17(29)14(20(30)31)8-28(12-5-6-12)18(13)25-19/h7-8,12H,5-6,9-11,24H2,1-4H3,(H,30,31)/b26-16+. The zero-order valence-electron chi connectivity index (χ0n) is 18.7. The van der Waals surface area contributed by atoms with E-state index >= 15 is 4.39 Å². The van der Waals surface area contributed by atoms with Gasteiger partial charge in [-0.05, 0) is 39.7 Å². The first-order valence-corrected chi connectivity index (χ1v) is 10.6. The molecule has 1 aliphatic heterocycles. The summed E-state index contributed by atoms with van der Waals surface area (Å²) in [5, 5.41) is 13.7. The normalized spacial score (nSPS) is 22.7. The Kier molecular flexibility index (Phi) is 5.23. The number of oxime groups is 1. The van der Waals surface area contributed by atoms with Gasteiger partial charge in [0.05, 0.1) is 17.6 Å². The lowest BCUT2D eigenvalue weighted by molar-refractivity contribution is -0.000438. The number of halogens is 1. The molecule has 3 heterocycles. The quantitative estimate of drug-likeness (QED) is 0.678. The van der Waals surface area contributed by atoms with Crippen molar-refractivity contribution in [3.8, 4) is 0 Å². The molecule has 0 bridgehead atoms. The number of carboxylic acid groups (broad SMARTS) is 1. The molecule has 2 aliphatic rings. The number of aromatic nitrogens is 2. The van der Waals surface area contributed by atoms with Crippen molar-refractivity contribution in [3.63, 3.8) is 0 Å². The van der Waals surface area contributed by atoms with Crippen LogP contribution in [-0.4, -0.2) is 51.6 Å². The highest BCUT2D eigenvalue weighted by Gasteiger charge is 2.41. The molecule has 2 fully saturated rings. The van der Waals surface area contributed by atoms with Crippen LogP contribution in [0.5, 0.6) is 0 Å². The molecule has 1 aliphatic carbocycles. The van der Waals surface area contributed by atoms with Gasteiger partial charge in [-0.3, -0.25) is 4.79 Å².